The molecule has 2 aromatic carbocycles. The van der Waals surface area contributed by atoms with Gasteiger partial charge in [-0.05, 0) is 41.5 Å². The summed E-state index contributed by atoms with van der Waals surface area (Å²) in [6, 6.07) is 14.9. The molecule has 1 aliphatic heterocycles. The molecule has 6 heteroatoms. The zero-order chi connectivity index (χ0) is 15.6. The Morgan fingerprint density at radius 1 is 1.27 bits per heavy atom. The first kappa shape index (κ1) is 16.1. The third-order valence-corrected chi connectivity index (χ3v) is 7.16. The van der Waals surface area contributed by atoms with Gasteiger partial charge >= 0.3 is 0 Å². The maximum absolute atomic E-state index is 5.72. The smallest absolute Gasteiger partial charge is 0.277 e. The molecule has 0 radical (unpaired) electrons. The van der Waals surface area contributed by atoms with Gasteiger partial charge in [0.2, 0.25) is 0 Å². The molecule has 1 aliphatic rings. The van der Waals surface area contributed by atoms with Crippen molar-refractivity contribution >= 4 is 29.2 Å². The van der Waals surface area contributed by atoms with Crippen LogP contribution in [0.4, 0.5) is 0 Å². The summed E-state index contributed by atoms with van der Waals surface area (Å²) in [6.07, 6.45) is 0.955. The predicted octanol–water partition coefficient (Wildman–Crippen LogP) is 4.00. The summed E-state index contributed by atoms with van der Waals surface area (Å²) >= 11 is 5.57. The number of fused-ring (bicyclic) bond motifs is 1. The van der Waals surface area contributed by atoms with Crippen molar-refractivity contribution in [2.45, 2.75) is 19.4 Å². The van der Waals surface area contributed by atoms with Gasteiger partial charge in [-0.25, -0.2) is 5.43 Å². The van der Waals surface area contributed by atoms with Crippen LogP contribution in [0.2, 0.25) is 0 Å². The molecule has 0 amide bonds. The highest BCUT2D eigenvalue weighted by molar-refractivity contribution is 8.08. The standard InChI is InChI=1S/C16H21N2O2PS/c1-13(17-18-11-6-12-20-21(18,22)19-2)15-10-5-8-14-7-3-4-9-16(14)15/h3-5,7-10,13,17H,6,11-12H2,1-2H3/t13-,21?/m0/s1. The maximum Gasteiger partial charge on any atom is 0.277 e. The monoisotopic (exact) mass is 336 g/mol. The second-order valence-corrected chi connectivity index (χ2v) is 8.81. The average Bonchev–Trinajstić information content (AvgIpc) is 2.56. The van der Waals surface area contributed by atoms with Gasteiger partial charge in [0.05, 0.1) is 6.61 Å². The summed E-state index contributed by atoms with van der Waals surface area (Å²) in [7, 11) is 1.63. The lowest BCUT2D eigenvalue weighted by Crippen LogP contribution is -2.41. The SMILES string of the molecule is COP1(=S)OCCCN1N[C@@H](C)c1cccc2ccccc12. The van der Waals surface area contributed by atoms with E-state index in [0.717, 1.165) is 13.0 Å². The van der Waals surface area contributed by atoms with Crippen LogP contribution in [0.3, 0.4) is 0 Å². The molecule has 3 rings (SSSR count). The highest BCUT2D eigenvalue weighted by Gasteiger charge is 2.32. The summed E-state index contributed by atoms with van der Waals surface area (Å²) < 4.78 is 13.2. The fraction of sp³-hybridized carbons (Fsp3) is 0.375. The minimum Gasteiger partial charge on any atom is -0.320 e. The van der Waals surface area contributed by atoms with Crippen LogP contribution in [0, 0.1) is 0 Å². The van der Waals surface area contributed by atoms with E-state index in [1.807, 2.05) is 4.78 Å². The maximum atomic E-state index is 5.72. The van der Waals surface area contributed by atoms with Gasteiger partial charge in [-0.2, -0.15) is 4.78 Å². The lowest BCUT2D eigenvalue weighted by Gasteiger charge is -2.38. The van der Waals surface area contributed by atoms with E-state index < -0.39 is 6.64 Å². The molecular weight excluding hydrogens is 315 g/mol. The number of nitrogens with one attached hydrogen (secondary N) is 1. The predicted molar refractivity (Wildman–Crippen MR) is 94.1 cm³/mol. The van der Waals surface area contributed by atoms with Crippen LogP contribution in [-0.2, 0) is 20.9 Å². The van der Waals surface area contributed by atoms with Gasteiger partial charge < -0.3 is 9.05 Å². The van der Waals surface area contributed by atoms with Crippen molar-refractivity contribution in [3.63, 3.8) is 0 Å². The number of nitrogens with zero attached hydrogens (tertiary/aromatic N) is 1. The molecule has 4 nitrogen and oxygen atoms in total. The van der Waals surface area contributed by atoms with E-state index in [4.69, 9.17) is 20.9 Å². The van der Waals surface area contributed by atoms with Crippen LogP contribution in [0.5, 0.6) is 0 Å². The van der Waals surface area contributed by atoms with E-state index in [2.05, 4.69) is 54.8 Å². The van der Waals surface area contributed by atoms with Gasteiger partial charge in [0, 0.05) is 19.7 Å². The third-order valence-electron chi connectivity index (χ3n) is 3.93. The fourth-order valence-corrected chi connectivity index (χ4v) is 4.91. The molecular formula is C16H21N2O2PS. The van der Waals surface area contributed by atoms with E-state index in [9.17, 15) is 0 Å². The van der Waals surface area contributed by atoms with Crippen LogP contribution in [0.15, 0.2) is 42.5 Å². The summed E-state index contributed by atoms with van der Waals surface area (Å²) in [5, 5.41) is 2.50. The lowest BCUT2D eigenvalue weighted by molar-refractivity contribution is 0.142. The van der Waals surface area contributed by atoms with Crippen molar-refractivity contribution in [3.05, 3.63) is 48.0 Å². The van der Waals surface area contributed by atoms with Crippen molar-refractivity contribution in [3.8, 4) is 0 Å². The molecule has 1 N–H and O–H groups in total. The van der Waals surface area contributed by atoms with Crippen LogP contribution in [0.1, 0.15) is 24.9 Å². The second kappa shape index (κ2) is 6.75. The number of benzene rings is 2. The van der Waals surface area contributed by atoms with Crippen LogP contribution in [0.25, 0.3) is 10.8 Å². The summed E-state index contributed by atoms with van der Waals surface area (Å²) in [6.45, 7) is 1.28. The van der Waals surface area contributed by atoms with E-state index in [1.165, 1.54) is 16.3 Å². The Bertz CT molecular complexity index is 704. The number of hydrogen-bond acceptors (Lipinski definition) is 4. The highest BCUT2D eigenvalue weighted by atomic mass is 32.5. The van der Waals surface area contributed by atoms with Crippen molar-refractivity contribution in [1.29, 1.82) is 0 Å². The molecule has 1 unspecified atom stereocenters. The van der Waals surface area contributed by atoms with Crippen LogP contribution >= 0.6 is 6.64 Å². The highest BCUT2D eigenvalue weighted by Crippen LogP contribution is 2.53. The molecule has 1 heterocycles. The lowest BCUT2D eigenvalue weighted by atomic mass is 10.0. The third kappa shape index (κ3) is 3.11. The van der Waals surface area contributed by atoms with E-state index >= 15 is 0 Å². The molecule has 0 bridgehead atoms. The topological polar surface area (TPSA) is 33.7 Å². The van der Waals surface area contributed by atoms with Crippen molar-refractivity contribution < 1.29 is 9.05 Å². The summed E-state index contributed by atoms with van der Waals surface area (Å²) in [5.41, 5.74) is 4.75. The van der Waals surface area contributed by atoms with E-state index in [1.54, 1.807) is 7.11 Å². The van der Waals surface area contributed by atoms with Crippen molar-refractivity contribution in [2.75, 3.05) is 20.3 Å². The molecule has 0 saturated carbocycles. The number of hydrazine groups is 1. The zero-order valence-corrected chi connectivity index (χ0v) is 14.6. The molecule has 22 heavy (non-hydrogen) atoms. The van der Waals surface area contributed by atoms with Crippen LogP contribution < -0.4 is 5.43 Å². The van der Waals surface area contributed by atoms with Gasteiger partial charge in [-0.1, -0.05) is 42.5 Å². The first-order valence-corrected chi connectivity index (χ1v) is 10.1. The summed E-state index contributed by atoms with van der Waals surface area (Å²) in [5.74, 6) is 0. The van der Waals surface area contributed by atoms with E-state index in [-0.39, 0.29) is 6.04 Å². The Labute approximate surface area is 136 Å². The molecule has 0 aliphatic carbocycles. The van der Waals surface area contributed by atoms with Gasteiger partial charge in [-0.3, -0.25) is 0 Å². The first-order valence-electron chi connectivity index (χ1n) is 7.46. The zero-order valence-electron chi connectivity index (χ0n) is 12.9. The second-order valence-electron chi connectivity index (χ2n) is 5.38. The normalized spacial score (nSPS) is 24.5. The molecule has 1 saturated heterocycles. The van der Waals surface area contributed by atoms with Gasteiger partial charge in [0.1, 0.15) is 0 Å². The Morgan fingerprint density at radius 3 is 2.86 bits per heavy atom. The minimum absolute atomic E-state index is 0.130. The molecule has 1 fully saturated rings. The van der Waals surface area contributed by atoms with Crippen LogP contribution in [-0.4, -0.2) is 25.0 Å². The molecule has 2 aromatic rings. The first-order chi connectivity index (χ1) is 10.6. The fourth-order valence-electron chi connectivity index (χ4n) is 2.79. The molecule has 118 valence electrons. The number of rotatable bonds is 4. The largest absolute Gasteiger partial charge is 0.320 e. The van der Waals surface area contributed by atoms with Crippen molar-refractivity contribution in [1.82, 2.24) is 10.2 Å². The Balaban J connectivity index is 1.87. The quantitative estimate of drug-likeness (QED) is 0.854. The molecule has 0 aromatic heterocycles. The minimum atomic E-state index is -2.38. The summed E-state index contributed by atoms with van der Waals surface area (Å²) in [4.78, 5) is 0. The Morgan fingerprint density at radius 2 is 2.05 bits per heavy atom. The average molecular weight is 336 g/mol. The van der Waals surface area contributed by atoms with Crippen molar-refractivity contribution in [2.24, 2.45) is 0 Å². The Hall–Kier alpha value is -0.810. The van der Waals surface area contributed by atoms with E-state index in [0.29, 0.717) is 6.61 Å². The molecule has 2 atom stereocenters. The number of hydrogen-bond donors (Lipinski definition) is 1. The molecule has 0 spiro atoms. The Kier molecular flexibility index (Phi) is 4.93. The van der Waals surface area contributed by atoms with Gasteiger partial charge in [0.15, 0.2) is 0 Å². The van der Waals surface area contributed by atoms with Gasteiger partial charge in [-0.15, -0.1) is 0 Å². The van der Waals surface area contributed by atoms with Gasteiger partial charge in [0.25, 0.3) is 6.64 Å².